The normalized spacial score (nSPS) is 15.5. The molecule has 0 spiro atoms. The molecule has 1 saturated heterocycles. The molecule has 28 heavy (non-hydrogen) atoms. The largest absolute Gasteiger partial charge is 0.450 e. The maximum Gasteiger partial charge on any atom is 0.196 e. The van der Waals surface area contributed by atoms with Crippen LogP contribution < -0.4 is 4.90 Å². The van der Waals surface area contributed by atoms with Crippen molar-refractivity contribution in [2.75, 3.05) is 18.0 Å². The van der Waals surface area contributed by atoms with Crippen LogP contribution in [0.15, 0.2) is 59.3 Å². The second-order valence-electron chi connectivity index (χ2n) is 7.10. The Hall–Kier alpha value is -2.99. The van der Waals surface area contributed by atoms with Crippen molar-refractivity contribution in [3.8, 4) is 0 Å². The van der Waals surface area contributed by atoms with Crippen LogP contribution in [-0.4, -0.2) is 29.2 Å². The second kappa shape index (κ2) is 7.20. The lowest BCUT2D eigenvalue weighted by Gasteiger charge is -2.32. The molecule has 2 aromatic heterocycles. The summed E-state index contributed by atoms with van der Waals surface area (Å²) >= 11 is 0. The first-order valence-corrected chi connectivity index (χ1v) is 9.51. The van der Waals surface area contributed by atoms with E-state index in [1.54, 1.807) is 18.5 Å². The average Bonchev–Trinajstić information content (AvgIpc) is 3.13. The SMILES string of the molecule is Fc1ccc(COC2CCN(c3ncnc4c3oc3ccccc34)CC2)cc1. The number of piperidine rings is 1. The maximum atomic E-state index is 13.0. The van der Waals surface area contributed by atoms with Crippen molar-refractivity contribution in [2.45, 2.75) is 25.6 Å². The Kier molecular flexibility index (Phi) is 4.41. The lowest BCUT2D eigenvalue weighted by Crippen LogP contribution is -2.37. The van der Waals surface area contributed by atoms with E-state index in [2.05, 4.69) is 14.9 Å². The molecule has 1 fully saturated rings. The fraction of sp³-hybridized carbons (Fsp3) is 0.273. The van der Waals surface area contributed by atoms with Crippen molar-refractivity contribution in [2.24, 2.45) is 0 Å². The number of para-hydroxylation sites is 1. The molecule has 2 aromatic carbocycles. The summed E-state index contributed by atoms with van der Waals surface area (Å²) in [4.78, 5) is 11.2. The number of rotatable bonds is 4. The van der Waals surface area contributed by atoms with E-state index in [1.165, 1.54) is 12.1 Å². The summed E-state index contributed by atoms with van der Waals surface area (Å²) in [6, 6.07) is 14.4. The number of hydrogen-bond donors (Lipinski definition) is 0. The lowest BCUT2D eigenvalue weighted by molar-refractivity contribution is 0.0250. The van der Waals surface area contributed by atoms with Gasteiger partial charge in [0.2, 0.25) is 0 Å². The van der Waals surface area contributed by atoms with Crippen LogP contribution in [-0.2, 0) is 11.3 Å². The number of ether oxygens (including phenoxy) is 1. The van der Waals surface area contributed by atoms with Crippen LogP contribution in [0.3, 0.4) is 0 Å². The van der Waals surface area contributed by atoms with Crippen molar-refractivity contribution in [1.82, 2.24) is 9.97 Å². The fourth-order valence-corrected chi connectivity index (χ4v) is 3.77. The highest BCUT2D eigenvalue weighted by molar-refractivity contribution is 6.05. The third-order valence-corrected chi connectivity index (χ3v) is 5.28. The van der Waals surface area contributed by atoms with Gasteiger partial charge in [0.1, 0.15) is 23.2 Å². The Morgan fingerprint density at radius 1 is 1.04 bits per heavy atom. The van der Waals surface area contributed by atoms with Gasteiger partial charge in [0.05, 0.1) is 12.7 Å². The molecule has 6 heteroatoms. The van der Waals surface area contributed by atoms with Gasteiger partial charge in [0, 0.05) is 18.5 Å². The number of furan rings is 1. The zero-order chi connectivity index (χ0) is 18.9. The van der Waals surface area contributed by atoms with Crippen LogP contribution in [0, 0.1) is 5.82 Å². The first kappa shape index (κ1) is 17.1. The smallest absolute Gasteiger partial charge is 0.196 e. The van der Waals surface area contributed by atoms with E-state index in [1.807, 2.05) is 24.3 Å². The Morgan fingerprint density at radius 2 is 1.82 bits per heavy atom. The summed E-state index contributed by atoms with van der Waals surface area (Å²) in [7, 11) is 0. The second-order valence-corrected chi connectivity index (χ2v) is 7.10. The van der Waals surface area contributed by atoms with Gasteiger partial charge in [0.25, 0.3) is 0 Å². The maximum absolute atomic E-state index is 13.0. The summed E-state index contributed by atoms with van der Waals surface area (Å²) in [6.07, 6.45) is 3.62. The highest BCUT2D eigenvalue weighted by Gasteiger charge is 2.24. The highest BCUT2D eigenvalue weighted by Crippen LogP contribution is 2.33. The molecule has 5 rings (SSSR count). The van der Waals surface area contributed by atoms with Gasteiger partial charge in [0.15, 0.2) is 11.4 Å². The molecule has 0 amide bonds. The molecule has 0 atom stereocenters. The van der Waals surface area contributed by atoms with E-state index in [0.29, 0.717) is 6.61 Å². The van der Waals surface area contributed by atoms with E-state index >= 15 is 0 Å². The molecule has 0 unspecified atom stereocenters. The van der Waals surface area contributed by atoms with Crippen molar-refractivity contribution in [1.29, 1.82) is 0 Å². The number of aromatic nitrogens is 2. The zero-order valence-corrected chi connectivity index (χ0v) is 15.3. The Bertz CT molecular complexity index is 1100. The monoisotopic (exact) mass is 377 g/mol. The summed E-state index contributed by atoms with van der Waals surface area (Å²) < 4.78 is 25.1. The van der Waals surface area contributed by atoms with Gasteiger partial charge in [-0.05, 0) is 42.7 Å². The first-order valence-electron chi connectivity index (χ1n) is 9.51. The van der Waals surface area contributed by atoms with Crippen LogP contribution in [0.2, 0.25) is 0 Å². The van der Waals surface area contributed by atoms with E-state index in [9.17, 15) is 4.39 Å². The number of halogens is 1. The minimum atomic E-state index is -0.223. The summed E-state index contributed by atoms with van der Waals surface area (Å²) in [5, 5.41) is 1.01. The highest BCUT2D eigenvalue weighted by atomic mass is 19.1. The molecule has 4 aromatic rings. The summed E-state index contributed by atoms with van der Waals surface area (Å²) in [6.45, 7) is 2.20. The van der Waals surface area contributed by atoms with E-state index in [-0.39, 0.29) is 11.9 Å². The van der Waals surface area contributed by atoms with Crippen LogP contribution in [0.1, 0.15) is 18.4 Å². The van der Waals surface area contributed by atoms with Crippen LogP contribution in [0.4, 0.5) is 10.2 Å². The third-order valence-electron chi connectivity index (χ3n) is 5.28. The number of hydrogen-bond acceptors (Lipinski definition) is 5. The van der Waals surface area contributed by atoms with Gasteiger partial charge >= 0.3 is 0 Å². The quantitative estimate of drug-likeness (QED) is 0.516. The molecule has 3 heterocycles. The van der Waals surface area contributed by atoms with Crippen LogP contribution in [0.5, 0.6) is 0 Å². The number of nitrogens with zero attached hydrogens (tertiary/aromatic N) is 3. The molecule has 0 N–H and O–H groups in total. The minimum Gasteiger partial charge on any atom is -0.450 e. The van der Waals surface area contributed by atoms with E-state index < -0.39 is 0 Å². The number of benzene rings is 2. The Labute approximate surface area is 161 Å². The van der Waals surface area contributed by atoms with E-state index in [0.717, 1.165) is 59.4 Å². The average molecular weight is 377 g/mol. The van der Waals surface area contributed by atoms with Gasteiger partial charge in [-0.3, -0.25) is 0 Å². The molecule has 5 nitrogen and oxygen atoms in total. The van der Waals surface area contributed by atoms with Crippen molar-refractivity contribution < 1.29 is 13.5 Å². The third kappa shape index (κ3) is 3.20. The standard InChI is InChI=1S/C22H20FN3O2/c23-16-7-5-15(6-8-16)13-27-17-9-11-26(12-10-17)22-21-20(24-14-25-22)18-3-1-2-4-19(18)28-21/h1-8,14,17H,9-13H2. The topological polar surface area (TPSA) is 51.4 Å². The summed E-state index contributed by atoms with van der Waals surface area (Å²) in [5.74, 6) is 0.622. The molecule has 1 aliphatic heterocycles. The summed E-state index contributed by atoms with van der Waals surface area (Å²) in [5.41, 5.74) is 3.42. The number of fused-ring (bicyclic) bond motifs is 3. The molecule has 0 radical (unpaired) electrons. The zero-order valence-electron chi connectivity index (χ0n) is 15.3. The van der Waals surface area contributed by atoms with Crippen LogP contribution >= 0.6 is 0 Å². The number of anilines is 1. The van der Waals surface area contributed by atoms with Gasteiger partial charge in [-0.25, -0.2) is 14.4 Å². The van der Waals surface area contributed by atoms with Crippen molar-refractivity contribution >= 4 is 27.9 Å². The molecular formula is C22H20FN3O2. The minimum absolute atomic E-state index is 0.189. The molecule has 1 aliphatic rings. The fourth-order valence-electron chi connectivity index (χ4n) is 3.77. The van der Waals surface area contributed by atoms with Gasteiger partial charge < -0.3 is 14.1 Å². The van der Waals surface area contributed by atoms with Gasteiger partial charge in [-0.1, -0.05) is 24.3 Å². The molecule has 0 bridgehead atoms. The first-order chi connectivity index (χ1) is 13.8. The predicted molar refractivity (Wildman–Crippen MR) is 106 cm³/mol. The molecule has 0 aliphatic carbocycles. The van der Waals surface area contributed by atoms with Crippen molar-refractivity contribution in [3.63, 3.8) is 0 Å². The van der Waals surface area contributed by atoms with E-state index in [4.69, 9.17) is 9.15 Å². The van der Waals surface area contributed by atoms with Gasteiger partial charge in [-0.2, -0.15) is 0 Å². The Morgan fingerprint density at radius 3 is 2.64 bits per heavy atom. The Balaban J connectivity index is 1.28. The molecule has 142 valence electrons. The molecular weight excluding hydrogens is 357 g/mol. The van der Waals surface area contributed by atoms with Gasteiger partial charge in [-0.15, -0.1) is 0 Å². The molecule has 0 saturated carbocycles. The predicted octanol–water partition coefficient (Wildman–Crippen LogP) is 4.70. The van der Waals surface area contributed by atoms with Crippen LogP contribution in [0.25, 0.3) is 22.1 Å². The lowest BCUT2D eigenvalue weighted by atomic mass is 10.1. The van der Waals surface area contributed by atoms with Crippen molar-refractivity contribution in [3.05, 3.63) is 66.2 Å².